The van der Waals surface area contributed by atoms with Crippen molar-refractivity contribution in [2.75, 3.05) is 26.4 Å². The lowest BCUT2D eigenvalue weighted by molar-refractivity contribution is -0.129. The molecule has 5 rings (SSSR count). The molecule has 2 saturated heterocycles. The first-order valence-electron chi connectivity index (χ1n) is 10.7. The monoisotopic (exact) mass is 483 g/mol. The molecule has 0 radical (unpaired) electrons. The predicted octanol–water partition coefficient (Wildman–Crippen LogP) is 2.21. The molecule has 1 aromatic heterocycles. The molecule has 1 unspecified atom stereocenters. The third kappa shape index (κ3) is 4.51. The Kier molecular flexibility index (Phi) is 6.01. The van der Waals surface area contributed by atoms with Crippen LogP contribution in [0.2, 0.25) is 0 Å². The van der Waals surface area contributed by atoms with E-state index in [0.29, 0.717) is 40.8 Å². The topological polar surface area (TPSA) is 118 Å². The molecule has 4 heterocycles. The number of imide groups is 1. The first-order chi connectivity index (χ1) is 16.5. The average molecular weight is 484 g/mol. The standard InChI is InChI=1S/C23H21N3O7S/c27-20-10-15(11-25(20)12-16-2-1-7-31-16)21(28)24-5-6-26-22(29)19(34-23(26)30)9-14-3-4-17-18(8-14)33-13-32-17/h1-4,7-9,15H,5-6,10-13H2,(H,24,28)/b19-9+. The Morgan fingerprint density at radius 1 is 1.18 bits per heavy atom. The summed E-state index contributed by atoms with van der Waals surface area (Å²) in [6, 6.07) is 8.79. The number of amides is 4. The number of fused-ring (bicyclic) bond motifs is 1. The summed E-state index contributed by atoms with van der Waals surface area (Å²) in [7, 11) is 0. The molecular weight excluding hydrogens is 462 g/mol. The third-order valence-electron chi connectivity index (χ3n) is 5.71. The predicted molar refractivity (Wildman–Crippen MR) is 120 cm³/mol. The lowest BCUT2D eigenvalue weighted by Gasteiger charge is -2.16. The quantitative estimate of drug-likeness (QED) is 0.596. The van der Waals surface area contributed by atoms with E-state index in [1.807, 2.05) is 0 Å². The Bertz CT molecular complexity index is 1180. The molecule has 2 aromatic rings. The van der Waals surface area contributed by atoms with E-state index < -0.39 is 17.1 Å². The number of benzene rings is 1. The zero-order chi connectivity index (χ0) is 23.7. The summed E-state index contributed by atoms with van der Waals surface area (Å²) in [5, 5.41) is 2.34. The third-order valence-corrected chi connectivity index (χ3v) is 6.62. The molecule has 176 valence electrons. The minimum Gasteiger partial charge on any atom is -0.467 e. The first-order valence-corrected chi connectivity index (χ1v) is 11.5. The number of furan rings is 1. The van der Waals surface area contributed by atoms with Crippen LogP contribution >= 0.6 is 11.8 Å². The molecule has 10 nitrogen and oxygen atoms in total. The van der Waals surface area contributed by atoms with Gasteiger partial charge in [-0.05, 0) is 47.7 Å². The molecule has 0 bridgehead atoms. The summed E-state index contributed by atoms with van der Waals surface area (Å²) < 4.78 is 15.9. The highest BCUT2D eigenvalue weighted by molar-refractivity contribution is 8.18. The number of rotatable bonds is 7. The number of nitrogens with zero attached hydrogens (tertiary/aromatic N) is 2. The van der Waals surface area contributed by atoms with Crippen LogP contribution in [0.5, 0.6) is 11.5 Å². The van der Waals surface area contributed by atoms with E-state index in [9.17, 15) is 19.2 Å². The van der Waals surface area contributed by atoms with Gasteiger partial charge in [0.2, 0.25) is 18.6 Å². The van der Waals surface area contributed by atoms with E-state index in [1.165, 1.54) is 6.26 Å². The van der Waals surface area contributed by atoms with Crippen LogP contribution in [0.1, 0.15) is 17.7 Å². The molecular formula is C23H21N3O7S. The Hall–Kier alpha value is -3.73. The lowest BCUT2D eigenvalue weighted by Crippen LogP contribution is -2.40. The zero-order valence-corrected chi connectivity index (χ0v) is 18.8. The van der Waals surface area contributed by atoms with Gasteiger partial charge in [0.25, 0.3) is 11.1 Å². The van der Waals surface area contributed by atoms with E-state index in [0.717, 1.165) is 16.7 Å². The summed E-state index contributed by atoms with van der Waals surface area (Å²) in [5.41, 5.74) is 0.716. The molecule has 11 heteroatoms. The molecule has 3 aliphatic rings. The molecule has 1 N–H and O–H groups in total. The Morgan fingerprint density at radius 2 is 2.03 bits per heavy atom. The maximum atomic E-state index is 12.7. The second-order valence-corrected chi connectivity index (χ2v) is 8.98. The minimum absolute atomic E-state index is 0.0473. The first kappa shape index (κ1) is 22.1. The molecule has 34 heavy (non-hydrogen) atoms. The van der Waals surface area contributed by atoms with Gasteiger partial charge >= 0.3 is 0 Å². The van der Waals surface area contributed by atoms with Crippen molar-refractivity contribution < 1.29 is 33.1 Å². The molecule has 2 fully saturated rings. The molecule has 1 atom stereocenters. The molecule has 4 amide bonds. The number of carbonyl (C=O) groups is 4. The van der Waals surface area contributed by atoms with Crippen molar-refractivity contribution >= 4 is 40.8 Å². The maximum Gasteiger partial charge on any atom is 0.293 e. The Balaban J connectivity index is 1.13. The molecule has 0 saturated carbocycles. The van der Waals surface area contributed by atoms with E-state index in [4.69, 9.17) is 13.9 Å². The smallest absolute Gasteiger partial charge is 0.293 e. The zero-order valence-electron chi connectivity index (χ0n) is 18.0. The maximum absolute atomic E-state index is 12.7. The number of nitrogens with one attached hydrogen (secondary N) is 1. The fraction of sp³-hybridized carbons (Fsp3) is 0.304. The normalized spacial score (nSPS) is 20.6. The highest BCUT2D eigenvalue weighted by Crippen LogP contribution is 2.36. The van der Waals surface area contributed by atoms with Crippen molar-refractivity contribution in [2.45, 2.75) is 13.0 Å². The number of carbonyl (C=O) groups excluding carboxylic acids is 4. The molecule has 1 aromatic carbocycles. The van der Waals surface area contributed by atoms with Crippen LogP contribution < -0.4 is 14.8 Å². The molecule has 3 aliphatic heterocycles. The van der Waals surface area contributed by atoms with Crippen molar-refractivity contribution in [3.63, 3.8) is 0 Å². The van der Waals surface area contributed by atoms with Crippen LogP contribution in [0.15, 0.2) is 45.9 Å². The van der Waals surface area contributed by atoms with Crippen molar-refractivity contribution in [1.82, 2.24) is 15.1 Å². The highest BCUT2D eigenvalue weighted by Gasteiger charge is 2.36. The lowest BCUT2D eigenvalue weighted by atomic mass is 10.1. The number of ether oxygens (including phenoxy) is 2. The molecule has 0 spiro atoms. The van der Waals surface area contributed by atoms with Gasteiger partial charge in [0.1, 0.15) is 5.76 Å². The van der Waals surface area contributed by atoms with Crippen LogP contribution in [-0.4, -0.2) is 59.2 Å². The second kappa shape index (κ2) is 9.26. The summed E-state index contributed by atoms with van der Waals surface area (Å²) in [6.45, 7) is 0.925. The van der Waals surface area contributed by atoms with E-state index in [1.54, 1.807) is 41.3 Å². The summed E-state index contributed by atoms with van der Waals surface area (Å²) in [4.78, 5) is 52.8. The highest BCUT2D eigenvalue weighted by atomic mass is 32.2. The van der Waals surface area contributed by atoms with Crippen LogP contribution in [0.25, 0.3) is 6.08 Å². The van der Waals surface area contributed by atoms with Crippen LogP contribution in [0, 0.1) is 5.92 Å². The van der Waals surface area contributed by atoms with Gasteiger partial charge in [-0.3, -0.25) is 24.1 Å². The van der Waals surface area contributed by atoms with E-state index in [2.05, 4.69) is 5.32 Å². The van der Waals surface area contributed by atoms with Crippen molar-refractivity contribution in [3.8, 4) is 11.5 Å². The number of likely N-dealkylation sites (tertiary alicyclic amines) is 1. The van der Waals surface area contributed by atoms with Gasteiger partial charge in [-0.15, -0.1) is 0 Å². The summed E-state index contributed by atoms with van der Waals surface area (Å²) in [6.07, 6.45) is 3.28. The Labute approximate surface area is 198 Å². The van der Waals surface area contributed by atoms with Crippen LogP contribution in [0.4, 0.5) is 4.79 Å². The molecule has 0 aliphatic carbocycles. The van der Waals surface area contributed by atoms with E-state index >= 15 is 0 Å². The SMILES string of the molecule is O=C(NCCN1C(=O)S/C(=C/c2ccc3c(c2)OCO3)C1=O)C1CC(=O)N(Cc2ccco2)C1. The fourth-order valence-corrected chi connectivity index (χ4v) is 4.84. The fourth-order valence-electron chi connectivity index (χ4n) is 3.97. The van der Waals surface area contributed by atoms with Crippen molar-refractivity contribution in [2.24, 2.45) is 5.92 Å². The van der Waals surface area contributed by atoms with Crippen molar-refractivity contribution in [1.29, 1.82) is 0 Å². The van der Waals surface area contributed by atoms with Gasteiger partial charge in [0.15, 0.2) is 11.5 Å². The van der Waals surface area contributed by atoms with E-state index in [-0.39, 0.29) is 38.1 Å². The largest absolute Gasteiger partial charge is 0.467 e. The minimum atomic E-state index is -0.483. The van der Waals surface area contributed by atoms with Gasteiger partial charge in [-0.2, -0.15) is 0 Å². The van der Waals surface area contributed by atoms with Crippen LogP contribution in [-0.2, 0) is 20.9 Å². The second-order valence-electron chi connectivity index (χ2n) is 7.99. The number of hydrogen-bond acceptors (Lipinski definition) is 8. The van der Waals surface area contributed by atoms with Gasteiger partial charge in [0, 0.05) is 26.1 Å². The van der Waals surface area contributed by atoms with Gasteiger partial charge in [0.05, 0.1) is 23.6 Å². The summed E-state index contributed by atoms with van der Waals surface area (Å²) in [5.74, 6) is 0.584. The Morgan fingerprint density at radius 3 is 2.85 bits per heavy atom. The number of thioether (sulfide) groups is 1. The van der Waals surface area contributed by atoms with Gasteiger partial charge in [-0.1, -0.05) is 6.07 Å². The van der Waals surface area contributed by atoms with Gasteiger partial charge in [-0.25, -0.2) is 0 Å². The van der Waals surface area contributed by atoms with Crippen LogP contribution in [0.3, 0.4) is 0 Å². The van der Waals surface area contributed by atoms with Gasteiger partial charge < -0.3 is 24.1 Å². The number of hydrogen-bond donors (Lipinski definition) is 1. The van der Waals surface area contributed by atoms with Crippen molar-refractivity contribution in [3.05, 3.63) is 52.8 Å². The summed E-state index contributed by atoms with van der Waals surface area (Å²) >= 11 is 0.850. The average Bonchev–Trinajstić information content (AvgIpc) is 3.60.